The Hall–Kier alpha value is -1.52. The molecule has 3 rings (SSSR count). The molecule has 1 aromatic carbocycles. The van der Waals surface area contributed by atoms with Crippen LogP contribution in [0.5, 0.6) is 11.5 Å². The van der Waals surface area contributed by atoms with Crippen molar-refractivity contribution in [2.75, 3.05) is 6.61 Å². The predicted molar refractivity (Wildman–Crippen MR) is 98.1 cm³/mol. The van der Waals surface area contributed by atoms with Crippen LogP contribution in [0.25, 0.3) is 0 Å². The maximum absolute atomic E-state index is 10.7. The Morgan fingerprint density at radius 3 is 2.68 bits per heavy atom. The van der Waals surface area contributed by atoms with Crippen molar-refractivity contribution in [3.05, 3.63) is 34.9 Å². The number of aliphatic hydroxyl groups excluding tert-OH is 2. The quantitative estimate of drug-likeness (QED) is 0.562. The lowest BCUT2D eigenvalue weighted by molar-refractivity contribution is -0.0111. The van der Waals surface area contributed by atoms with Crippen molar-refractivity contribution in [2.24, 2.45) is 5.92 Å². The Morgan fingerprint density at radius 2 is 2.00 bits per heavy atom. The number of benzene rings is 1. The van der Waals surface area contributed by atoms with Crippen molar-refractivity contribution in [3.63, 3.8) is 0 Å². The van der Waals surface area contributed by atoms with Gasteiger partial charge in [0, 0.05) is 17.4 Å². The van der Waals surface area contributed by atoms with E-state index in [0.29, 0.717) is 12.0 Å². The van der Waals surface area contributed by atoms with Gasteiger partial charge in [0.05, 0.1) is 12.7 Å². The zero-order valence-corrected chi connectivity index (χ0v) is 15.5. The predicted octanol–water partition coefficient (Wildman–Crippen LogP) is 3.68. The Balaban J connectivity index is 2.01. The summed E-state index contributed by atoms with van der Waals surface area (Å²) in [5.41, 5.74) is 2.09. The summed E-state index contributed by atoms with van der Waals surface area (Å²) in [4.78, 5) is 0. The van der Waals surface area contributed by atoms with Crippen molar-refractivity contribution < 1.29 is 20.1 Å². The van der Waals surface area contributed by atoms with Gasteiger partial charge in [0.1, 0.15) is 17.1 Å². The largest absolute Gasteiger partial charge is 0.507 e. The SMILES string of the molecule is CCCCCc1cc(O)c2c(c1)OC(C)(C)[C@@H]1CC(O)C(CO)=C[C@@H]21. The second kappa shape index (κ2) is 7.00. The monoisotopic (exact) mass is 346 g/mol. The molecule has 3 atom stereocenters. The average molecular weight is 346 g/mol. The van der Waals surface area contributed by atoms with Crippen molar-refractivity contribution in [2.45, 2.75) is 70.5 Å². The summed E-state index contributed by atoms with van der Waals surface area (Å²) in [5, 5.41) is 30.5. The summed E-state index contributed by atoms with van der Waals surface area (Å²) in [6.07, 6.45) is 6.19. The number of aromatic hydroxyl groups is 1. The van der Waals surface area contributed by atoms with Gasteiger partial charge in [0.15, 0.2) is 0 Å². The molecule has 1 aromatic rings. The maximum Gasteiger partial charge on any atom is 0.127 e. The Morgan fingerprint density at radius 1 is 1.24 bits per heavy atom. The van der Waals surface area contributed by atoms with Gasteiger partial charge in [0.2, 0.25) is 0 Å². The van der Waals surface area contributed by atoms with Crippen LogP contribution in [0.2, 0.25) is 0 Å². The number of phenols is 1. The first-order chi connectivity index (χ1) is 11.9. The van der Waals surface area contributed by atoms with Crippen molar-refractivity contribution in [1.29, 1.82) is 0 Å². The third kappa shape index (κ3) is 3.42. The zero-order valence-electron chi connectivity index (χ0n) is 15.5. The molecular formula is C21H30O4. The van der Waals surface area contributed by atoms with Gasteiger partial charge in [-0.1, -0.05) is 25.8 Å². The minimum Gasteiger partial charge on any atom is -0.507 e. The van der Waals surface area contributed by atoms with Crippen LogP contribution in [0.3, 0.4) is 0 Å². The van der Waals surface area contributed by atoms with Gasteiger partial charge in [-0.05, 0) is 56.4 Å². The number of fused-ring (bicyclic) bond motifs is 3. The van der Waals surface area contributed by atoms with Gasteiger partial charge >= 0.3 is 0 Å². The molecule has 1 unspecified atom stereocenters. The number of phenolic OH excluding ortho intramolecular Hbond substituents is 1. The van der Waals surface area contributed by atoms with Gasteiger partial charge in [-0.25, -0.2) is 0 Å². The van der Waals surface area contributed by atoms with E-state index in [-0.39, 0.29) is 24.2 Å². The summed E-state index contributed by atoms with van der Waals surface area (Å²) in [6.45, 7) is 6.10. The second-order valence-electron chi connectivity index (χ2n) is 7.97. The van der Waals surface area contributed by atoms with E-state index in [4.69, 9.17) is 4.74 Å². The summed E-state index contributed by atoms with van der Waals surface area (Å²) < 4.78 is 6.27. The highest BCUT2D eigenvalue weighted by atomic mass is 16.5. The first-order valence-electron chi connectivity index (χ1n) is 9.41. The van der Waals surface area contributed by atoms with E-state index < -0.39 is 11.7 Å². The van der Waals surface area contributed by atoms with E-state index in [1.165, 1.54) is 12.8 Å². The number of hydrogen-bond donors (Lipinski definition) is 3. The average Bonchev–Trinajstić information content (AvgIpc) is 2.54. The lowest BCUT2D eigenvalue weighted by atomic mass is 9.67. The molecule has 0 saturated heterocycles. The molecule has 0 bridgehead atoms. The van der Waals surface area contributed by atoms with E-state index in [9.17, 15) is 15.3 Å². The molecular weight excluding hydrogens is 316 g/mol. The lowest BCUT2D eigenvalue weighted by Crippen LogP contribution is -2.47. The number of ether oxygens (including phenoxy) is 1. The molecule has 1 heterocycles. The number of hydrogen-bond acceptors (Lipinski definition) is 4. The highest BCUT2D eigenvalue weighted by Gasteiger charge is 2.47. The van der Waals surface area contributed by atoms with E-state index in [1.807, 2.05) is 26.0 Å². The van der Waals surface area contributed by atoms with Gasteiger partial charge < -0.3 is 20.1 Å². The van der Waals surface area contributed by atoms with Crippen molar-refractivity contribution in [1.82, 2.24) is 0 Å². The van der Waals surface area contributed by atoms with Crippen LogP contribution < -0.4 is 4.74 Å². The minimum atomic E-state index is -0.647. The van der Waals surface area contributed by atoms with Gasteiger partial charge in [0.25, 0.3) is 0 Å². The smallest absolute Gasteiger partial charge is 0.127 e. The molecule has 0 fully saturated rings. The van der Waals surface area contributed by atoms with E-state index >= 15 is 0 Å². The first kappa shape index (κ1) is 18.3. The first-order valence-corrected chi connectivity index (χ1v) is 9.41. The molecule has 0 amide bonds. The van der Waals surface area contributed by atoms with Crippen molar-refractivity contribution in [3.8, 4) is 11.5 Å². The molecule has 1 aliphatic carbocycles. The molecule has 0 spiro atoms. The number of allylic oxidation sites excluding steroid dienone is 1. The molecule has 1 aliphatic heterocycles. The standard InChI is InChI=1S/C21H30O4/c1-4-5-6-7-13-8-18(24)20-15-10-14(12-22)17(23)11-16(15)21(2,3)25-19(20)9-13/h8-10,15-17,22-24H,4-7,11-12H2,1-3H3/t15-,16-,17?/m1/s1. The molecule has 2 aliphatic rings. The van der Waals surface area contributed by atoms with Gasteiger partial charge in [-0.2, -0.15) is 0 Å². The molecule has 25 heavy (non-hydrogen) atoms. The third-order valence-corrected chi connectivity index (χ3v) is 5.76. The Labute approximate surface area is 150 Å². The molecule has 0 saturated carbocycles. The van der Waals surface area contributed by atoms with E-state index in [1.54, 1.807) is 0 Å². The highest BCUT2D eigenvalue weighted by molar-refractivity contribution is 5.54. The van der Waals surface area contributed by atoms with Crippen LogP contribution in [-0.2, 0) is 6.42 Å². The summed E-state index contributed by atoms with van der Waals surface area (Å²) in [6, 6.07) is 3.91. The lowest BCUT2D eigenvalue weighted by Gasteiger charge is -2.47. The molecule has 0 aromatic heterocycles. The van der Waals surface area contributed by atoms with Crippen LogP contribution >= 0.6 is 0 Å². The van der Waals surface area contributed by atoms with Gasteiger partial charge in [-0.3, -0.25) is 0 Å². The highest BCUT2D eigenvalue weighted by Crippen LogP contribution is 2.53. The fourth-order valence-electron chi connectivity index (χ4n) is 4.32. The minimum absolute atomic E-state index is 0.0472. The number of unbranched alkanes of at least 4 members (excludes halogenated alkanes) is 2. The molecule has 4 heteroatoms. The van der Waals surface area contributed by atoms with E-state index in [0.717, 1.165) is 29.7 Å². The topological polar surface area (TPSA) is 69.9 Å². The fraction of sp³-hybridized carbons (Fsp3) is 0.619. The molecule has 0 radical (unpaired) electrons. The Kier molecular flexibility index (Phi) is 5.12. The molecule has 3 N–H and O–H groups in total. The third-order valence-electron chi connectivity index (χ3n) is 5.76. The molecule has 4 nitrogen and oxygen atoms in total. The summed E-state index contributed by atoms with van der Waals surface area (Å²) in [7, 11) is 0. The van der Waals surface area contributed by atoms with Crippen LogP contribution in [-0.4, -0.2) is 33.6 Å². The second-order valence-corrected chi connectivity index (χ2v) is 7.97. The molecule has 138 valence electrons. The van der Waals surface area contributed by atoms with Gasteiger partial charge in [-0.15, -0.1) is 0 Å². The zero-order chi connectivity index (χ0) is 18.2. The van der Waals surface area contributed by atoms with E-state index in [2.05, 4.69) is 13.0 Å². The Bertz CT molecular complexity index is 662. The van der Waals surface area contributed by atoms with Crippen LogP contribution in [0.1, 0.15) is 63.5 Å². The van der Waals surface area contributed by atoms with Crippen LogP contribution in [0.15, 0.2) is 23.8 Å². The maximum atomic E-state index is 10.7. The van der Waals surface area contributed by atoms with Crippen molar-refractivity contribution >= 4 is 0 Å². The number of aryl methyl sites for hydroxylation is 1. The number of rotatable bonds is 5. The summed E-state index contributed by atoms with van der Waals surface area (Å²) >= 11 is 0. The normalized spacial score (nSPS) is 27.1. The number of aliphatic hydroxyl groups is 2. The summed E-state index contributed by atoms with van der Waals surface area (Å²) in [5.74, 6) is 1.01. The fourth-order valence-corrected chi connectivity index (χ4v) is 4.32. The van der Waals surface area contributed by atoms with Crippen LogP contribution in [0, 0.1) is 5.92 Å². The van der Waals surface area contributed by atoms with Crippen LogP contribution in [0.4, 0.5) is 0 Å².